The molecule has 0 amide bonds. The number of ether oxygens (including phenoxy) is 1. The second kappa shape index (κ2) is 4.89. The van der Waals surface area contributed by atoms with Crippen molar-refractivity contribution in [1.82, 2.24) is 9.71 Å². The average molecular weight is 281 g/mol. The molecule has 6 nitrogen and oxygen atoms in total. The molecule has 0 saturated carbocycles. The Morgan fingerprint density at radius 1 is 1.63 bits per heavy atom. The van der Waals surface area contributed by atoms with Gasteiger partial charge in [0, 0.05) is 12.8 Å². The third-order valence-corrected chi connectivity index (χ3v) is 5.06. The molecule has 2 heterocycles. The second-order valence-corrected chi connectivity index (χ2v) is 6.40. The summed E-state index contributed by atoms with van der Waals surface area (Å²) in [6.45, 7) is 4.13. The van der Waals surface area contributed by atoms with Crippen LogP contribution in [0, 0.1) is 11.3 Å². The molecule has 1 aromatic rings. The van der Waals surface area contributed by atoms with Crippen LogP contribution < -0.4 is 4.72 Å². The third kappa shape index (κ3) is 2.61. The summed E-state index contributed by atoms with van der Waals surface area (Å²) in [6.07, 6.45) is 1.76. The molecule has 0 aliphatic carbocycles. The molecule has 0 bridgehead atoms. The molecule has 19 heavy (non-hydrogen) atoms. The molecule has 2 rings (SSSR count). The Morgan fingerprint density at radius 3 is 2.95 bits per heavy atom. The molecule has 1 N–H and O–H groups in total. The zero-order chi connectivity index (χ0) is 14.1. The maximum Gasteiger partial charge on any atom is 0.244 e. The average Bonchev–Trinajstić information content (AvgIpc) is 2.68. The van der Waals surface area contributed by atoms with Crippen molar-refractivity contribution in [2.24, 2.45) is 0 Å². The van der Waals surface area contributed by atoms with E-state index in [4.69, 9.17) is 10.00 Å². The zero-order valence-electron chi connectivity index (χ0n) is 10.8. The molecule has 1 aliphatic rings. The minimum atomic E-state index is -3.79. The van der Waals surface area contributed by atoms with E-state index in [1.165, 1.54) is 18.3 Å². The minimum absolute atomic E-state index is 0.0992. The Labute approximate surface area is 112 Å². The second-order valence-electron chi connectivity index (χ2n) is 4.75. The van der Waals surface area contributed by atoms with E-state index >= 15 is 0 Å². The lowest BCUT2D eigenvalue weighted by Gasteiger charge is -2.28. The van der Waals surface area contributed by atoms with Crippen molar-refractivity contribution in [2.45, 2.75) is 36.8 Å². The van der Waals surface area contributed by atoms with Gasteiger partial charge in [0.2, 0.25) is 10.0 Å². The van der Waals surface area contributed by atoms with Gasteiger partial charge in [0.05, 0.1) is 11.6 Å². The first-order valence-corrected chi connectivity index (χ1v) is 7.38. The first-order valence-electron chi connectivity index (χ1n) is 5.90. The van der Waals surface area contributed by atoms with Crippen LogP contribution in [0.4, 0.5) is 0 Å². The summed E-state index contributed by atoms with van der Waals surface area (Å²) in [5.74, 6) is 0. The molecule has 0 spiro atoms. The van der Waals surface area contributed by atoms with Crippen molar-refractivity contribution in [3.05, 3.63) is 24.0 Å². The molecule has 1 aliphatic heterocycles. The van der Waals surface area contributed by atoms with Crippen LogP contribution in [0.2, 0.25) is 0 Å². The summed E-state index contributed by atoms with van der Waals surface area (Å²) < 4.78 is 32.7. The van der Waals surface area contributed by atoms with Gasteiger partial charge in [-0.1, -0.05) is 0 Å². The highest BCUT2D eigenvalue weighted by atomic mass is 32.2. The number of aromatic nitrogens is 1. The molecule has 0 radical (unpaired) electrons. The van der Waals surface area contributed by atoms with Crippen molar-refractivity contribution < 1.29 is 13.2 Å². The van der Waals surface area contributed by atoms with E-state index in [1.54, 1.807) is 13.0 Å². The summed E-state index contributed by atoms with van der Waals surface area (Å²) >= 11 is 0. The highest BCUT2D eigenvalue weighted by molar-refractivity contribution is 7.89. The van der Waals surface area contributed by atoms with Gasteiger partial charge in [-0.25, -0.2) is 18.1 Å². The van der Waals surface area contributed by atoms with Gasteiger partial charge in [0.25, 0.3) is 0 Å². The van der Waals surface area contributed by atoms with Gasteiger partial charge < -0.3 is 4.74 Å². The van der Waals surface area contributed by atoms with Crippen LogP contribution in [0.1, 0.15) is 26.0 Å². The van der Waals surface area contributed by atoms with Crippen molar-refractivity contribution in [3.63, 3.8) is 0 Å². The van der Waals surface area contributed by atoms with Crippen LogP contribution in [-0.2, 0) is 14.8 Å². The number of hydrogen-bond donors (Lipinski definition) is 1. The van der Waals surface area contributed by atoms with E-state index in [9.17, 15) is 8.42 Å². The normalized spacial score (nSPS) is 27.1. The number of nitrogens with one attached hydrogen (secondary N) is 1. The molecule has 2 unspecified atom stereocenters. The molecular formula is C12H15N3O3S. The molecule has 0 aromatic carbocycles. The first-order chi connectivity index (χ1) is 8.89. The lowest BCUT2D eigenvalue weighted by Crippen LogP contribution is -2.50. The molecule has 2 atom stereocenters. The molecule has 7 heteroatoms. The fraction of sp³-hybridized carbons (Fsp3) is 0.500. The lowest BCUT2D eigenvalue weighted by molar-refractivity contribution is 0.0957. The Kier molecular flexibility index (Phi) is 3.58. The number of sulfonamides is 1. The number of rotatable bonds is 3. The van der Waals surface area contributed by atoms with Crippen LogP contribution in [0.3, 0.4) is 0 Å². The van der Waals surface area contributed by atoms with Gasteiger partial charge in [0.15, 0.2) is 5.69 Å². The van der Waals surface area contributed by atoms with E-state index in [2.05, 4.69) is 9.71 Å². The van der Waals surface area contributed by atoms with E-state index in [0.717, 1.165) is 0 Å². The number of hydrogen-bond acceptors (Lipinski definition) is 5. The van der Waals surface area contributed by atoms with Gasteiger partial charge in [-0.2, -0.15) is 5.26 Å². The maximum absolute atomic E-state index is 12.4. The van der Waals surface area contributed by atoms with Crippen LogP contribution in [0.25, 0.3) is 0 Å². The number of pyridine rings is 1. The molecule has 102 valence electrons. The summed E-state index contributed by atoms with van der Waals surface area (Å²) in [5, 5.41) is 8.93. The summed E-state index contributed by atoms with van der Waals surface area (Å²) in [4.78, 5) is 3.67. The van der Waals surface area contributed by atoms with Gasteiger partial charge in [0.1, 0.15) is 11.0 Å². The lowest BCUT2D eigenvalue weighted by atomic mass is 9.97. The van der Waals surface area contributed by atoms with Crippen LogP contribution >= 0.6 is 0 Å². The Balaban J connectivity index is 2.36. The highest BCUT2D eigenvalue weighted by Gasteiger charge is 2.41. The van der Waals surface area contributed by atoms with Gasteiger partial charge >= 0.3 is 0 Å². The standard InChI is InChI=1S/C12H15N3O3S/c1-9-12(2,5-7-18-9)15-19(16,17)11-4-3-6-14-10(11)8-13/h3-4,6,9,15H,5,7H2,1-2H3. The van der Waals surface area contributed by atoms with Crippen molar-refractivity contribution >= 4 is 10.0 Å². The minimum Gasteiger partial charge on any atom is -0.376 e. The smallest absolute Gasteiger partial charge is 0.244 e. The van der Waals surface area contributed by atoms with E-state index in [0.29, 0.717) is 13.0 Å². The zero-order valence-corrected chi connectivity index (χ0v) is 11.6. The number of nitriles is 1. The Hall–Kier alpha value is -1.49. The number of nitrogens with zero attached hydrogens (tertiary/aromatic N) is 2. The fourth-order valence-corrected chi connectivity index (χ4v) is 3.62. The van der Waals surface area contributed by atoms with Crippen LogP contribution in [0.5, 0.6) is 0 Å². The topological polar surface area (TPSA) is 92.1 Å². The summed E-state index contributed by atoms with van der Waals surface area (Å²) in [6, 6.07) is 4.65. The molecule has 1 aromatic heterocycles. The largest absolute Gasteiger partial charge is 0.376 e. The van der Waals surface area contributed by atoms with Crippen LogP contribution in [0.15, 0.2) is 23.2 Å². The van der Waals surface area contributed by atoms with E-state index in [1.807, 2.05) is 6.92 Å². The first kappa shape index (κ1) is 13.9. The van der Waals surface area contributed by atoms with Crippen molar-refractivity contribution in [3.8, 4) is 6.07 Å². The van der Waals surface area contributed by atoms with E-state index in [-0.39, 0.29) is 16.7 Å². The summed E-state index contributed by atoms with van der Waals surface area (Å²) in [5.41, 5.74) is -0.772. The van der Waals surface area contributed by atoms with Gasteiger partial charge in [-0.05, 0) is 32.4 Å². The third-order valence-electron chi connectivity index (χ3n) is 3.42. The van der Waals surface area contributed by atoms with Gasteiger partial charge in [-0.3, -0.25) is 0 Å². The Morgan fingerprint density at radius 2 is 2.37 bits per heavy atom. The molecule has 1 fully saturated rings. The van der Waals surface area contributed by atoms with Crippen molar-refractivity contribution in [2.75, 3.05) is 6.61 Å². The maximum atomic E-state index is 12.4. The molecular weight excluding hydrogens is 266 g/mol. The van der Waals surface area contributed by atoms with Gasteiger partial charge in [-0.15, -0.1) is 0 Å². The SMILES string of the molecule is CC1OCCC1(C)NS(=O)(=O)c1cccnc1C#N. The predicted octanol–water partition coefficient (Wildman–Crippen LogP) is 0.799. The predicted molar refractivity (Wildman–Crippen MR) is 67.7 cm³/mol. The van der Waals surface area contributed by atoms with Crippen LogP contribution in [-0.4, -0.2) is 31.7 Å². The monoisotopic (exact) mass is 281 g/mol. The molecule has 1 saturated heterocycles. The Bertz CT molecular complexity index is 623. The van der Waals surface area contributed by atoms with E-state index < -0.39 is 15.6 Å². The fourth-order valence-electron chi connectivity index (χ4n) is 2.02. The summed E-state index contributed by atoms with van der Waals surface area (Å²) in [7, 11) is -3.79. The van der Waals surface area contributed by atoms with Crippen molar-refractivity contribution in [1.29, 1.82) is 5.26 Å². The highest BCUT2D eigenvalue weighted by Crippen LogP contribution is 2.27. The quantitative estimate of drug-likeness (QED) is 0.884.